The van der Waals surface area contributed by atoms with Gasteiger partial charge in [-0.05, 0) is 31.0 Å². The third kappa shape index (κ3) is 9.89. The Morgan fingerprint density at radius 2 is 1.71 bits per heavy atom. The molecule has 0 spiro atoms. The molecule has 8 heteroatoms. The van der Waals surface area contributed by atoms with E-state index in [0.29, 0.717) is 13.0 Å². The zero-order chi connectivity index (χ0) is 16.5. The monoisotopic (exact) mass is 370 g/mol. The smallest absolute Gasteiger partial charge is 0.475 e. The van der Waals surface area contributed by atoms with Gasteiger partial charge >= 0.3 is 18.1 Å². The third-order valence-corrected chi connectivity index (χ3v) is 2.61. The van der Waals surface area contributed by atoms with Crippen LogP contribution in [0.5, 0.6) is 0 Å². The van der Waals surface area contributed by atoms with E-state index in [4.69, 9.17) is 14.6 Å². The molecule has 0 radical (unpaired) electrons. The Labute approximate surface area is 128 Å². The quantitative estimate of drug-likeness (QED) is 0.822. The lowest BCUT2D eigenvalue weighted by Crippen LogP contribution is -2.21. The van der Waals surface area contributed by atoms with Crippen LogP contribution in [0.4, 0.5) is 13.2 Å². The number of alkyl halides is 3. The van der Waals surface area contributed by atoms with Crippen LogP contribution in [0.3, 0.4) is 0 Å². The number of carbonyl (C=O) groups excluding carboxylic acids is 1. The van der Waals surface area contributed by atoms with Gasteiger partial charge in [0.2, 0.25) is 0 Å². The zero-order valence-corrected chi connectivity index (χ0v) is 12.7. The van der Waals surface area contributed by atoms with E-state index >= 15 is 0 Å². The molecule has 0 aliphatic rings. The van der Waals surface area contributed by atoms with E-state index in [0.717, 1.165) is 16.5 Å². The molecule has 1 aromatic carbocycles. The first-order valence-electron chi connectivity index (χ1n) is 5.87. The topological polar surface area (TPSA) is 63.6 Å². The number of benzene rings is 1. The summed E-state index contributed by atoms with van der Waals surface area (Å²) in [6.07, 6.45) is -3.89. The number of hydrogen-bond acceptors (Lipinski definition) is 3. The van der Waals surface area contributed by atoms with Crippen molar-refractivity contribution in [2.24, 2.45) is 0 Å². The minimum Gasteiger partial charge on any atom is -0.475 e. The first kappa shape index (κ1) is 19.4. The lowest BCUT2D eigenvalue weighted by molar-refractivity contribution is -0.192. The van der Waals surface area contributed by atoms with Crippen molar-refractivity contribution in [1.82, 2.24) is 0 Å². The highest BCUT2D eigenvalue weighted by Crippen LogP contribution is 2.13. The minimum absolute atomic E-state index is 0.129. The van der Waals surface area contributed by atoms with Crippen molar-refractivity contribution < 1.29 is 32.6 Å². The number of ether oxygens (including phenoxy) is 1. The van der Waals surface area contributed by atoms with E-state index in [1.54, 1.807) is 0 Å². The summed E-state index contributed by atoms with van der Waals surface area (Å²) in [5.41, 5.74) is 1.15. The highest BCUT2D eigenvalue weighted by Gasteiger charge is 2.38. The van der Waals surface area contributed by atoms with Gasteiger partial charge in [-0.1, -0.05) is 28.1 Å². The minimum atomic E-state index is -5.08. The molecule has 0 bridgehead atoms. The zero-order valence-electron chi connectivity index (χ0n) is 11.1. The number of halogens is 4. The Hall–Kier alpha value is -1.57. The molecular formula is C13H14BrF3O4. The van der Waals surface area contributed by atoms with E-state index in [1.165, 1.54) is 0 Å². The van der Waals surface area contributed by atoms with Gasteiger partial charge in [-0.15, -0.1) is 0 Å². The molecule has 0 fully saturated rings. The van der Waals surface area contributed by atoms with Crippen LogP contribution < -0.4 is 0 Å². The second kappa shape index (κ2) is 9.38. The predicted molar refractivity (Wildman–Crippen MR) is 72.8 cm³/mol. The fourth-order valence-electron chi connectivity index (χ4n) is 1.13. The van der Waals surface area contributed by atoms with Crippen molar-refractivity contribution in [3.05, 3.63) is 34.3 Å². The number of carbonyl (C=O) groups is 2. The van der Waals surface area contributed by atoms with E-state index in [1.807, 2.05) is 31.2 Å². The highest BCUT2D eigenvalue weighted by molar-refractivity contribution is 9.10. The Morgan fingerprint density at radius 1 is 1.24 bits per heavy atom. The van der Waals surface area contributed by atoms with Crippen LogP contribution in [0.2, 0.25) is 0 Å². The fourth-order valence-corrected chi connectivity index (χ4v) is 1.39. The average molecular weight is 371 g/mol. The Balaban J connectivity index is 0.000000486. The molecule has 0 aromatic heterocycles. The molecule has 0 atom stereocenters. The summed E-state index contributed by atoms with van der Waals surface area (Å²) in [6, 6.07) is 7.95. The standard InChI is InChI=1S/C11H13BrO2.C2HF3O2/c1-2-14-11(13)8-5-9-3-6-10(12)7-4-9;3-2(4,5)1(6)7/h3-4,6-7H,2,5,8H2,1H3;(H,6,7). The average Bonchev–Trinajstić information content (AvgIpc) is 2.38. The number of carboxylic acid groups (broad SMARTS) is 1. The van der Waals surface area contributed by atoms with Crippen LogP contribution in [0, 0.1) is 0 Å². The third-order valence-electron chi connectivity index (χ3n) is 2.08. The molecule has 1 aromatic rings. The molecule has 4 nitrogen and oxygen atoms in total. The lowest BCUT2D eigenvalue weighted by atomic mass is 10.1. The number of aliphatic carboxylic acids is 1. The number of rotatable bonds is 4. The van der Waals surface area contributed by atoms with Crippen molar-refractivity contribution in [3.8, 4) is 0 Å². The molecule has 0 saturated carbocycles. The van der Waals surface area contributed by atoms with Gasteiger partial charge in [0.05, 0.1) is 6.61 Å². The Kier molecular flexibility index (Phi) is 8.68. The molecule has 0 amide bonds. The molecule has 0 aliphatic heterocycles. The Bertz CT molecular complexity index is 457. The number of esters is 1. The van der Waals surface area contributed by atoms with Crippen LogP contribution in [-0.2, 0) is 20.7 Å². The largest absolute Gasteiger partial charge is 0.490 e. The van der Waals surface area contributed by atoms with Crippen molar-refractivity contribution in [3.63, 3.8) is 0 Å². The first-order valence-corrected chi connectivity index (χ1v) is 6.66. The maximum atomic E-state index is 11.1. The maximum Gasteiger partial charge on any atom is 0.490 e. The SMILES string of the molecule is CCOC(=O)CCc1ccc(Br)cc1.O=C(O)C(F)(F)F. The summed E-state index contributed by atoms with van der Waals surface area (Å²) in [5, 5.41) is 7.12. The van der Waals surface area contributed by atoms with Crippen molar-refractivity contribution >= 4 is 27.9 Å². The van der Waals surface area contributed by atoms with Crippen molar-refractivity contribution in [2.75, 3.05) is 6.61 Å². The summed E-state index contributed by atoms with van der Waals surface area (Å²) in [5.74, 6) is -2.89. The molecule has 0 saturated heterocycles. The van der Waals surface area contributed by atoms with Crippen molar-refractivity contribution in [1.29, 1.82) is 0 Å². The van der Waals surface area contributed by atoms with Crippen LogP contribution in [0.1, 0.15) is 18.9 Å². The number of hydrogen-bond donors (Lipinski definition) is 1. The van der Waals surface area contributed by atoms with Crippen LogP contribution in [-0.4, -0.2) is 29.8 Å². The molecule has 0 aliphatic carbocycles. The van der Waals surface area contributed by atoms with Crippen LogP contribution in [0.25, 0.3) is 0 Å². The summed E-state index contributed by atoms with van der Waals surface area (Å²) >= 11 is 3.36. The molecule has 1 N–H and O–H groups in total. The number of aryl methyl sites for hydroxylation is 1. The van der Waals surface area contributed by atoms with Gasteiger partial charge in [0.1, 0.15) is 0 Å². The van der Waals surface area contributed by atoms with Gasteiger partial charge in [-0.25, -0.2) is 4.79 Å². The van der Waals surface area contributed by atoms with Gasteiger partial charge in [-0.3, -0.25) is 4.79 Å². The predicted octanol–water partition coefficient (Wildman–Crippen LogP) is 3.58. The molecule has 1 rings (SSSR count). The molecular weight excluding hydrogens is 357 g/mol. The van der Waals surface area contributed by atoms with E-state index in [-0.39, 0.29) is 5.97 Å². The lowest BCUT2D eigenvalue weighted by Gasteiger charge is -2.01. The van der Waals surface area contributed by atoms with E-state index in [2.05, 4.69) is 15.9 Å². The van der Waals surface area contributed by atoms with Gasteiger partial charge in [0, 0.05) is 10.9 Å². The Morgan fingerprint density at radius 3 is 2.10 bits per heavy atom. The van der Waals surface area contributed by atoms with E-state index < -0.39 is 12.1 Å². The van der Waals surface area contributed by atoms with Gasteiger partial charge in [0.15, 0.2) is 0 Å². The fraction of sp³-hybridized carbons (Fsp3) is 0.385. The summed E-state index contributed by atoms with van der Waals surface area (Å²) in [6.45, 7) is 2.27. The summed E-state index contributed by atoms with van der Waals surface area (Å²) in [7, 11) is 0. The van der Waals surface area contributed by atoms with Crippen molar-refractivity contribution in [2.45, 2.75) is 25.9 Å². The number of carboxylic acids is 1. The normalized spacial score (nSPS) is 10.3. The molecule has 21 heavy (non-hydrogen) atoms. The molecule has 118 valence electrons. The van der Waals surface area contributed by atoms with Gasteiger partial charge in [0.25, 0.3) is 0 Å². The van der Waals surface area contributed by atoms with Gasteiger partial charge < -0.3 is 9.84 Å². The van der Waals surface area contributed by atoms with E-state index in [9.17, 15) is 18.0 Å². The highest BCUT2D eigenvalue weighted by atomic mass is 79.9. The van der Waals surface area contributed by atoms with Gasteiger partial charge in [-0.2, -0.15) is 13.2 Å². The maximum absolute atomic E-state index is 11.1. The second-order valence-corrected chi connectivity index (χ2v) is 4.65. The molecule has 0 unspecified atom stereocenters. The first-order chi connectivity index (χ1) is 9.66. The van der Waals surface area contributed by atoms with Crippen LogP contribution in [0.15, 0.2) is 28.7 Å². The molecule has 0 heterocycles. The van der Waals surface area contributed by atoms with Crippen LogP contribution >= 0.6 is 15.9 Å². The summed E-state index contributed by atoms with van der Waals surface area (Å²) < 4.78 is 37.6. The summed E-state index contributed by atoms with van der Waals surface area (Å²) in [4.78, 5) is 19.9. The second-order valence-electron chi connectivity index (χ2n) is 3.73.